The lowest BCUT2D eigenvalue weighted by Gasteiger charge is -2.48. The van der Waals surface area contributed by atoms with Gasteiger partial charge >= 0.3 is 0 Å². The first kappa shape index (κ1) is 18.3. The van der Waals surface area contributed by atoms with Gasteiger partial charge in [0.05, 0.1) is 0 Å². The molecule has 0 saturated heterocycles. The molecule has 0 fully saturated rings. The zero-order valence-electron chi connectivity index (χ0n) is 16.2. The normalized spacial score (nSPS) is 19.0. The summed E-state index contributed by atoms with van der Waals surface area (Å²) in [6.45, 7) is 9.18. The van der Waals surface area contributed by atoms with Gasteiger partial charge in [-0.2, -0.15) is 0 Å². The molecule has 2 aromatic rings. The van der Waals surface area contributed by atoms with Crippen LogP contribution in [0.4, 0.5) is 11.4 Å². The number of rotatable bonds is 4. The van der Waals surface area contributed by atoms with Gasteiger partial charge < -0.3 is 11.5 Å². The fourth-order valence-corrected chi connectivity index (χ4v) is 4.49. The van der Waals surface area contributed by atoms with E-state index < -0.39 is 0 Å². The standard InChI is InChI=1S/C24H30N2/c1-16(2)22-6-5-7-23(17(3)4)24(22,18-8-12-20(25)13-9-18)19-10-14-21(26)15-11-19/h5-17,22H,25-26H2,1-4H3. The highest BCUT2D eigenvalue weighted by molar-refractivity contribution is 5.57. The van der Waals surface area contributed by atoms with Gasteiger partial charge in [0.1, 0.15) is 0 Å². The van der Waals surface area contributed by atoms with Crippen LogP contribution in [0.5, 0.6) is 0 Å². The van der Waals surface area contributed by atoms with Crippen LogP contribution in [0.1, 0.15) is 38.8 Å². The van der Waals surface area contributed by atoms with E-state index >= 15 is 0 Å². The van der Waals surface area contributed by atoms with Crippen LogP contribution < -0.4 is 11.5 Å². The van der Waals surface area contributed by atoms with Gasteiger partial charge in [0, 0.05) is 16.8 Å². The Morgan fingerprint density at radius 3 is 1.62 bits per heavy atom. The van der Waals surface area contributed by atoms with E-state index in [0.29, 0.717) is 17.8 Å². The van der Waals surface area contributed by atoms with Crippen molar-refractivity contribution in [1.82, 2.24) is 0 Å². The third-order valence-electron chi connectivity index (χ3n) is 5.62. The number of nitrogen functional groups attached to an aromatic ring is 2. The van der Waals surface area contributed by atoms with E-state index in [1.165, 1.54) is 16.7 Å². The van der Waals surface area contributed by atoms with Crippen LogP contribution in [0.3, 0.4) is 0 Å². The number of anilines is 2. The molecule has 2 heteroatoms. The maximum Gasteiger partial charge on any atom is 0.0481 e. The first-order valence-electron chi connectivity index (χ1n) is 9.48. The van der Waals surface area contributed by atoms with Gasteiger partial charge in [-0.25, -0.2) is 0 Å². The van der Waals surface area contributed by atoms with Crippen molar-refractivity contribution in [3.8, 4) is 0 Å². The van der Waals surface area contributed by atoms with Gasteiger partial charge in [-0.15, -0.1) is 0 Å². The average Bonchev–Trinajstić information content (AvgIpc) is 2.62. The summed E-state index contributed by atoms with van der Waals surface area (Å²) in [6, 6.07) is 16.8. The molecule has 4 N–H and O–H groups in total. The zero-order chi connectivity index (χ0) is 18.9. The van der Waals surface area contributed by atoms with E-state index in [1.54, 1.807) is 0 Å². The molecule has 3 rings (SSSR count). The van der Waals surface area contributed by atoms with Crippen molar-refractivity contribution in [1.29, 1.82) is 0 Å². The fraction of sp³-hybridized carbons (Fsp3) is 0.333. The van der Waals surface area contributed by atoms with Crippen LogP contribution in [0.25, 0.3) is 0 Å². The summed E-state index contributed by atoms with van der Waals surface area (Å²) < 4.78 is 0. The Morgan fingerprint density at radius 2 is 1.23 bits per heavy atom. The largest absolute Gasteiger partial charge is 0.399 e. The Kier molecular flexibility index (Phi) is 4.95. The van der Waals surface area contributed by atoms with Gasteiger partial charge in [-0.05, 0) is 53.1 Å². The Labute approximate surface area is 157 Å². The molecule has 1 atom stereocenters. The van der Waals surface area contributed by atoms with Crippen molar-refractivity contribution in [2.75, 3.05) is 11.5 Å². The third kappa shape index (κ3) is 2.94. The number of hydrogen-bond donors (Lipinski definition) is 2. The van der Waals surface area contributed by atoms with Crippen LogP contribution in [-0.4, -0.2) is 0 Å². The van der Waals surface area contributed by atoms with Crippen molar-refractivity contribution in [3.05, 3.63) is 83.5 Å². The maximum atomic E-state index is 6.00. The maximum absolute atomic E-state index is 6.00. The third-order valence-corrected chi connectivity index (χ3v) is 5.62. The molecule has 0 bridgehead atoms. The van der Waals surface area contributed by atoms with Crippen LogP contribution in [-0.2, 0) is 5.41 Å². The molecule has 0 aliphatic heterocycles. The van der Waals surface area contributed by atoms with Crippen LogP contribution in [0, 0.1) is 17.8 Å². The smallest absolute Gasteiger partial charge is 0.0481 e. The summed E-state index contributed by atoms with van der Waals surface area (Å²) in [5, 5.41) is 0. The molecule has 1 unspecified atom stereocenters. The Morgan fingerprint density at radius 1 is 0.769 bits per heavy atom. The second-order valence-corrected chi connectivity index (χ2v) is 7.98. The van der Waals surface area contributed by atoms with Gasteiger partial charge in [0.25, 0.3) is 0 Å². The lowest BCUT2D eigenvalue weighted by Crippen LogP contribution is -2.43. The summed E-state index contributed by atoms with van der Waals surface area (Å²) in [7, 11) is 0. The number of allylic oxidation sites excluding steroid dienone is 4. The minimum absolute atomic E-state index is 0.210. The summed E-state index contributed by atoms with van der Waals surface area (Å²) in [5.74, 6) is 1.28. The molecule has 1 aliphatic rings. The molecule has 136 valence electrons. The molecule has 26 heavy (non-hydrogen) atoms. The van der Waals surface area contributed by atoms with Gasteiger partial charge in [0.15, 0.2) is 0 Å². The molecule has 0 amide bonds. The molecule has 0 radical (unpaired) electrons. The van der Waals surface area contributed by atoms with E-state index in [4.69, 9.17) is 11.5 Å². The van der Waals surface area contributed by atoms with E-state index in [0.717, 1.165) is 11.4 Å². The first-order chi connectivity index (χ1) is 12.4. The average molecular weight is 347 g/mol. The summed E-state index contributed by atoms with van der Waals surface area (Å²) in [4.78, 5) is 0. The minimum Gasteiger partial charge on any atom is -0.399 e. The SMILES string of the molecule is CC(C)C1=CC=CC(C(C)C)C1(c1ccc(N)cc1)c1ccc(N)cc1. The lowest BCUT2D eigenvalue weighted by atomic mass is 9.55. The van der Waals surface area contributed by atoms with Crippen molar-refractivity contribution >= 4 is 11.4 Å². The van der Waals surface area contributed by atoms with E-state index in [1.807, 2.05) is 24.3 Å². The second kappa shape index (κ2) is 7.03. The predicted molar refractivity (Wildman–Crippen MR) is 113 cm³/mol. The highest BCUT2D eigenvalue weighted by Gasteiger charge is 2.46. The number of hydrogen-bond acceptors (Lipinski definition) is 2. The van der Waals surface area contributed by atoms with E-state index in [9.17, 15) is 0 Å². The van der Waals surface area contributed by atoms with Crippen LogP contribution >= 0.6 is 0 Å². The monoisotopic (exact) mass is 346 g/mol. The summed E-state index contributed by atoms with van der Waals surface area (Å²) in [5.41, 5.74) is 17.4. The predicted octanol–water partition coefficient (Wildman–Crippen LogP) is 5.56. The van der Waals surface area contributed by atoms with E-state index in [-0.39, 0.29) is 5.41 Å². The first-order valence-corrected chi connectivity index (χ1v) is 9.48. The summed E-state index contributed by atoms with van der Waals surface area (Å²) in [6.07, 6.45) is 6.90. The highest BCUT2D eigenvalue weighted by atomic mass is 14.6. The molecular formula is C24H30N2. The highest BCUT2D eigenvalue weighted by Crippen LogP contribution is 2.52. The van der Waals surface area contributed by atoms with Crippen molar-refractivity contribution in [2.45, 2.75) is 33.1 Å². The molecule has 1 aliphatic carbocycles. The molecule has 0 aromatic heterocycles. The molecular weight excluding hydrogens is 316 g/mol. The Balaban J connectivity index is 2.37. The van der Waals surface area contributed by atoms with Crippen molar-refractivity contribution in [2.24, 2.45) is 17.8 Å². The van der Waals surface area contributed by atoms with Crippen LogP contribution in [0.2, 0.25) is 0 Å². The van der Waals surface area contributed by atoms with Gasteiger partial charge in [-0.3, -0.25) is 0 Å². The molecule has 0 spiro atoms. The van der Waals surface area contributed by atoms with Gasteiger partial charge in [0.2, 0.25) is 0 Å². The molecule has 2 nitrogen and oxygen atoms in total. The topological polar surface area (TPSA) is 52.0 Å². The zero-order valence-corrected chi connectivity index (χ0v) is 16.2. The number of nitrogens with two attached hydrogens (primary N) is 2. The molecule has 2 aromatic carbocycles. The van der Waals surface area contributed by atoms with Gasteiger partial charge in [-0.1, -0.05) is 75.8 Å². The Hall–Kier alpha value is -2.48. The lowest BCUT2D eigenvalue weighted by molar-refractivity contribution is 0.318. The molecule has 0 heterocycles. The second-order valence-electron chi connectivity index (χ2n) is 7.98. The quantitative estimate of drug-likeness (QED) is 0.712. The van der Waals surface area contributed by atoms with Crippen molar-refractivity contribution < 1.29 is 0 Å². The molecule has 0 saturated carbocycles. The Bertz CT molecular complexity index is 763. The summed E-state index contributed by atoms with van der Waals surface area (Å²) >= 11 is 0. The van der Waals surface area contributed by atoms with E-state index in [2.05, 4.69) is 70.2 Å². The minimum atomic E-state index is -0.210. The van der Waals surface area contributed by atoms with Crippen molar-refractivity contribution in [3.63, 3.8) is 0 Å². The number of benzene rings is 2. The van der Waals surface area contributed by atoms with Crippen LogP contribution in [0.15, 0.2) is 72.3 Å². The fourth-order valence-electron chi connectivity index (χ4n) is 4.49.